The van der Waals surface area contributed by atoms with E-state index in [1.54, 1.807) is 13.0 Å². The highest BCUT2D eigenvalue weighted by Gasteiger charge is 2.34. The summed E-state index contributed by atoms with van der Waals surface area (Å²) in [5, 5.41) is 10.2. The maximum Gasteiger partial charge on any atom is 0.166 e. The first-order valence-electron chi connectivity index (χ1n) is 4.63. The van der Waals surface area contributed by atoms with Gasteiger partial charge in [-0.25, -0.2) is 0 Å². The van der Waals surface area contributed by atoms with Crippen LogP contribution in [0.4, 0.5) is 0 Å². The summed E-state index contributed by atoms with van der Waals surface area (Å²) < 4.78 is 0. The van der Waals surface area contributed by atoms with Gasteiger partial charge in [-0.3, -0.25) is 4.79 Å². The molecule has 0 radical (unpaired) electrons. The molecule has 0 aliphatic heterocycles. The largest absolute Gasteiger partial charge is 0.374 e. The van der Waals surface area contributed by atoms with Crippen LogP contribution in [0.15, 0.2) is 35.9 Å². The molecule has 1 aromatic rings. The van der Waals surface area contributed by atoms with Crippen LogP contribution in [0.2, 0.25) is 0 Å². The Bertz CT molecular complexity index is 407. The first kappa shape index (κ1) is 9.16. The van der Waals surface area contributed by atoms with Crippen LogP contribution in [0.5, 0.6) is 0 Å². The topological polar surface area (TPSA) is 37.3 Å². The van der Waals surface area contributed by atoms with Crippen LogP contribution in [0.25, 0.3) is 0 Å². The van der Waals surface area contributed by atoms with Crippen molar-refractivity contribution in [2.75, 3.05) is 0 Å². The van der Waals surface area contributed by atoms with Crippen molar-refractivity contribution < 1.29 is 9.90 Å². The number of rotatable bonds is 1. The normalized spacial score (nSPS) is 25.1. The summed E-state index contributed by atoms with van der Waals surface area (Å²) in [6, 6.07) is 7.50. The molecule has 0 spiro atoms. The average molecular weight is 188 g/mol. The fraction of sp³-hybridized carbons (Fsp3) is 0.250. The minimum absolute atomic E-state index is 0.608. The summed E-state index contributed by atoms with van der Waals surface area (Å²) in [7, 11) is 0. The highest BCUT2D eigenvalue weighted by atomic mass is 16.3. The quantitative estimate of drug-likeness (QED) is 0.536. The molecule has 2 nitrogen and oxygen atoms in total. The Morgan fingerprint density at radius 2 is 2.14 bits per heavy atom. The van der Waals surface area contributed by atoms with Gasteiger partial charge in [0.2, 0.25) is 0 Å². The molecule has 72 valence electrons. The predicted molar refractivity (Wildman–Crippen MR) is 53.9 cm³/mol. The minimum atomic E-state index is -1.41. The van der Waals surface area contributed by atoms with Gasteiger partial charge in [0.25, 0.3) is 0 Å². The van der Waals surface area contributed by atoms with Crippen molar-refractivity contribution in [3.8, 4) is 0 Å². The molecule has 0 amide bonds. The molecule has 0 unspecified atom stereocenters. The Morgan fingerprint density at radius 1 is 1.43 bits per heavy atom. The molecule has 1 aliphatic carbocycles. The molecule has 1 N–H and O–H groups in total. The maximum absolute atomic E-state index is 11.0. The molecule has 14 heavy (non-hydrogen) atoms. The lowest BCUT2D eigenvalue weighted by atomic mass is 9.80. The Hall–Kier alpha value is -1.41. The second-order valence-electron chi connectivity index (χ2n) is 3.63. The number of aliphatic hydroxyl groups is 1. The van der Waals surface area contributed by atoms with E-state index in [-0.39, 0.29) is 0 Å². The van der Waals surface area contributed by atoms with E-state index in [0.717, 1.165) is 17.5 Å². The smallest absolute Gasteiger partial charge is 0.166 e. The Balaban J connectivity index is 2.64. The van der Waals surface area contributed by atoms with E-state index >= 15 is 0 Å². The van der Waals surface area contributed by atoms with Crippen LogP contribution >= 0.6 is 0 Å². The van der Waals surface area contributed by atoms with Crippen LogP contribution in [0, 0.1) is 0 Å². The minimum Gasteiger partial charge on any atom is -0.374 e. The van der Waals surface area contributed by atoms with Gasteiger partial charge in [0, 0.05) is 0 Å². The molecule has 0 aromatic heterocycles. The highest BCUT2D eigenvalue weighted by molar-refractivity contribution is 5.73. The molecule has 1 atom stereocenters. The summed E-state index contributed by atoms with van der Waals surface area (Å²) in [5.41, 5.74) is 1.04. The summed E-state index contributed by atoms with van der Waals surface area (Å²) in [6.07, 6.45) is 3.30. The monoisotopic (exact) mass is 188 g/mol. The number of carbonyl (C=O) groups is 1. The van der Waals surface area contributed by atoms with Gasteiger partial charge in [-0.05, 0) is 30.0 Å². The first-order chi connectivity index (χ1) is 6.68. The standard InChI is InChI=1S/C12H12O2/c1-9-6-7-10-4-2-3-5-11(10)12(9,14)8-13/h2-6,8,14H,7H2,1H3/t12-/m1/s1. The van der Waals surface area contributed by atoms with Crippen molar-refractivity contribution >= 4 is 6.29 Å². The Morgan fingerprint density at radius 3 is 2.86 bits per heavy atom. The first-order valence-corrected chi connectivity index (χ1v) is 4.63. The van der Waals surface area contributed by atoms with Gasteiger partial charge in [-0.2, -0.15) is 0 Å². The van der Waals surface area contributed by atoms with Gasteiger partial charge in [0.15, 0.2) is 11.9 Å². The molecule has 1 aromatic carbocycles. The van der Waals surface area contributed by atoms with Crippen molar-refractivity contribution in [2.24, 2.45) is 0 Å². The molecule has 0 saturated heterocycles. The number of aldehydes is 1. The average Bonchev–Trinajstić information content (AvgIpc) is 2.24. The van der Waals surface area contributed by atoms with Crippen molar-refractivity contribution in [2.45, 2.75) is 18.9 Å². The zero-order valence-electron chi connectivity index (χ0n) is 8.03. The summed E-state index contributed by atoms with van der Waals surface area (Å²) in [6.45, 7) is 1.78. The molecule has 1 aliphatic rings. The fourth-order valence-corrected chi connectivity index (χ4v) is 1.86. The summed E-state index contributed by atoms with van der Waals surface area (Å²) in [4.78, 5) is 11.0. The zero-order chi connectivity index (χ0) is 10.2. The van der Waals surface area contributed by atoms with Gasteiger partial charge in [-0.15, -0.1) is 0 Å². The van der Waals surface area contributed by atoms with Crippen molar-refractivity contribution in [1.82, 2.24) is 0 Å². The molecule has 0 heterocycles. The van der Waals surface area contributed by atoms with Crippen molar-refractivity contribution in [1.29, 1.82) is 0 Å². The van der Waals surface area contributed by atoms with Crippen molar-refractivity contribution in [3.63, 3.8) is 0 Å². The number of benzene rings is 1. The van der Waals surface area contributed by atoms with Crippen molar-refractivity contribution in [3.05, 3.63) is 47.0 Å². The number of allylic oxidation sites excluding steroid dienone is 1. The van der Waals surface area contributed by atoms with E-state index in [1.807, 2.05) is 24.3 Å². The second-order valence-corrected chi connectivity index (χ2v) is 3.63. The molecular weight excluding hydrogens is 176 g/mol. The third-order valence-electron chi connectivity index (χ3n) is 2.83. The Kier molecular flexibility index (Phi) is 2.01. The second kappa shape index (κ2) is 3.07. The predicted octanol–water partition coefficient (Wildman–Crippen LogP) is 1.58. The summed E-state index contributed by atoms with van der Waals surface area (Å²) in [5.74, 6) is 0. The van der Waals surface area contributed by atoms with Crippen LogP contribution in [0.1, 0.15) is 18.1 Å². The lowest BCUT2D eigenvalue weighted by Crippen LogP contribution is -2.32. The van der Waals surface area contributed by atoms with E-state index in [0.29, 0.717) is 11.9 Å². The van der Waals surface area contributed by atoms with Gasteiger partial charge < -0.3 is 5.11 Å². The molecular formula is C12H12O2. The van der Waals surface area contributed by atoms with Crippen LogP contribution in [-0.4, -0.2) is 11.4 Å². The van der Waals surface area contributed by atoms with Gasteiger partial charge >= 0.3 is 0 Å². The van der Waals surface area contributed by atoms with Gasteiger partial charge in [-0.1, -0.05) is 30.3 Å². The van der Waals surface area contributed by atoms with E-state index in [9.17, 15) is 9.90 Å². The van der Waals surface area contributed by atoms with E-state index < -0.39 is 5.60 Å². The lowest BCUT2D eigenvalue weighted by molar-refractivity contribution is -0.121. The molecule has 0 fully saturated rings. The number of fused-ring (bicyclic) bond motifs is 1. The Labute approximate surface area is 82.9 Å². The van der Waals surface area contributed by atoms with E-state index in [4.69, 9.17) is 0 Å². The molecule has 2 heteroatoms. The number of carbonyl (C=O) groups excluding carboxylic acids is 1. The van der Waals surface area contributed by atoms with Crippen LogP contribution in [0.3, 0.4) is 0 Å². The lowest BCUT2D eigenvalue weighted by Gasteiger charge is -2.29. The third-order valence-corrected chi connectivity index (χ3v) is 2.83. The zero-order valence-corrected chi connectivity index (χ0v) is 8.03. The third kappa shape index (κ3) is 1.11. The van der Waals surface area contributed by atoms with Gasteiger partial charge in [0.05, 0.1) is 0 Å². The van der Waals surface area contributed by atoms with Crippen LogP contribution < -0.4 is 0 Å². The molecule has 0 saturated carbocycles. The SMILES string of the molecule is CC1=CCc2ccccc2[C@@]1(O)C=O. The highest BCUT2D eigenvalue weighted by Crippen LogP contribution is 2.34. The molecule has 0 bridgehead atoms. The summed E-state index contributed by atoms with van der Waals surface area (Å²) >= 11 is 0. The number of hydrogen-bond acceptors (Lipinski definition) is 2. The van der Waals surface area contributed by atoms with E-state index in [2.05, 4.69) is 0 Å². The fourth-order valence-electron chi connectivity index (χ4n) is 1.86. The number of hydrogen-bond donors (Lipinski definition) is 1. The van der Waals surface area contributed by atoms with E-state index in [1.165, 1.54) is 0 Å². The molecule has 2 rings (SSSR count). The maximum atomic E-state index is 11.0. The van der Waals surface area contributed by atoms with Crippen LogP contribution in [-0.2, 0) is 16.8 Å². The van der Waals surface area contributed by atoms with Gasteiger partial charge in [0.1, 0.15) is 0 Å².